The maximum absolute atomic E-state index is 2.76. The molecule has 330 valence electrons. The molecule has 2 aliphatic heterocycles. The molecular weight excluding hydrogens is 810 g/mol. The van der Waals surface area contributed by atoms with Gasteiger partial charge in [-0.2, -0.15) is 0 Å². The second-order valence-corrected chi connectivity index (χ2v) is 21.9. The summed E-state index contributed by atoms with van der Waals surface area (Å²) in [6.07, 6.45) is 0. The first-order valence-electron chi connectivity index (χ1n) is 24.1. The Hall–Kier alpha value is -7.04. The topological polar surface area (TPSA) is 11.4 Å². The molecule has 8 aromatic carbocycles. The molecule has 0 radical (unpaired) electrons. The van der Waals surface area contributed by atoms with Crippen molar-refractivity contribution in [3.8, 4) is 33.5 Å². The van der Waals surface area contributed by atoms with Crippen LogP contribution in [0.15, 0.2) is 182 Å². The molecule has 3 heterocycles. The highest BCUT2D eigenvalue weighted by Crippen LogP contribution is 2.52. The molecule has 11 rings (SSSR count). The lowest BCUT2D eigenvalue weighted by molar-refractivity contribution is 0.589. The molecule has 9 aromatic rings. The molecular formula is C63H60BN3. The molecule has 0 spiro atoms. The van der Waals surface area contributed by atoms with Crippen LogP contribution in [0.1, 0.15) is 84.6 Å². The lowest BCUT2D eigenvalue weighted by Gasteiger charge is -2.42. The average molecular weight is 870 g/mol. The smallest absolute Gasteiger partial charge is 0.333 e. The summed E-state index contributed by atoms with van der Waals surface area (Å²) in [4.78, 5) is 4.99. The number of fused-ring (bicyclic) bond motifs is 4. The molecule has 67 heavy (non-hydrogen) atoms. The highest BCUT2D eigenvalue weighted by atomic mass is 15.2. The third kappa shape index (κ3) is 7.03. The van der Waals surface area contributed by atoms with Crippen molar-refractivity contribution in [1.29, 1.82) is 0 Å². The van der Waals surface area contributed by atoms with E-state index in [1.165, 1.54) is 89.0 Å². The summed E-state index contributed by atoms with van der Waals surface area (Å²) in [5.41, 5.74) is 23.6. The van der Waals surface area contributed by atoms with E-state index in [9.17, 15) is 0 Å². The van der Waals surface area contributed by atoms with Gasteiger partial charge < -0.3 is 14.3 Å². The molecule has 0 unspecified atom stereocenters. The Morgan fingerprint density at radius 2 is 1.00 bits per heavy atom. The van der Waals surface area contributed by atoms with Crippen molar-refractivity contribution in [2.75, 3.05) is 9.80 Å². The number of rotatable bonds is 6. The Morgan fingerprint density at radius 3 is 1.60 bits per heavy atom. The lowest BCUT2D eigenvalue weighted by atomic mass is 9.44. The lowest BCUT2D eigenvalue weighted by Crippen LogP contribution is -2.57. The van der Waals surface area contributed by atoms with Gasteiger partial charge in [-0.05, 0) is 134 Å². The van der Waals surface area contributed by atoms with Crippen LogP contribution in [0.3, 0.4) is 0 Å². The molecule has 0 saturated carbocycles. The van der Waals surface area contributed by atoms with Crippen LogP contribution in [0, 0.1) is 6.92 Å². The van der Waals surface area contributed by atoms with Gasteiger partial charge in [-0.25, -0.2) is 0 Å². The minimum absolute atomic E-state index is 0.0183. The minimum atomic E-state index is -0.127. The van der Waals surface area contributed by atoms with Gasteiger partial charge in [0.25, 0.3) is 0 Å². The number of hydrogen-bond donors (Lipinski definition) is 0. The Balaban J connectivity index is 1.32. The van der Waals surface area contributed by atoms with E-state index in [2.05, 4.69) is 266 Å². The maximum Gasteiger partial charge on any atom is 0.333 e. The summed E-state index contributed by atoms with van der Waals surface area (Å²) in [7, 11) is 0. The molecule has 0 saturated heterocycles. The van der Waals surface area contributed by atoms with Crippen molar-refractivity contribution in [2.45, 2.75) is 85.5 Å². The summed E-state index contributed by atoms with van der Waals surface area (Å²) in [6.45, 7) is 23.2. The minimum Gasteiger partial charge on any atom is -0.375 e. The molecule has 4 heteroatoms. The SMILES string of the molecule is Cc1ccccc1-c1c(-c2ccccc2)c2cc(C(C)(C)C)cc3c2n1B1c2ccc(N(c4ccccc4)c4ccccc4)cc2N(c2ccc(C(C)(C)C)cc2)c2cc(C(C)(C)C)cc-3c21. The van der Waals surface area contributed by atoms with Gasteiger partial charge in [-0.3, -0.25) is 0 Å². The van der Waals surface area contributed by atoms with Gasteiger partial charge in [-0.1, -0.05) is 178 Å². The van der Waals surface area contributed by atoms with Crippen LogP contribution in [0.2, 0.25) is 0 Å². The fourth-order valence-corrected chi connectivity index (χ4v) is 10.7. The Labute approximate surface area is 398 Å². The van der Waals surface area contributed by atoms with Gasteiger partial charge in [0.15, 0.2) is 0 Å². The van der Waals surface area contributed by atoms with Gasteiger partial charge in [0.05, 0.1) is 0 Å². The summed E-state index contributed by atoms with van der Waals surface area (Å²) >= 11 is 0. The van der Waals surface area contributed by atoms with Gasteiger partial charge in [0.2, 0.25) is 0 Å². The average Bonchev–Trinajstić information content (AvgIpc) is 3.65. The molecule has 0 fully saturated rings. The van der Waals surface area contributed by atoms with Crippen molar-refractivity contribution < 1.29 is 0 Å². The number of aryl methyl sites for hydroxylation is 1. The van der Waals surface area contributed by atoms with Crippen molar-refractivity contribution in [2.24, 2.45) is 0 Å². The Kier molecular flexibility index (Phi) is 9.87. The first kappa shape index (κ1) is 42.6. The Morgan fingerprint density at radius 1 is 0.448 bits per heavy atom. The van der Waals surface area contributed by atoms with Crippen molar-refractivity contribution in [1.82, 2.24) is 4.48 Å². The van der Waals surface area contributed by atoms with E-state index in [1.54, 1.807) is 0 Å². The van der Waals surface area contributed by atoms with E-state index in [-0.39, 0.29) is 23.1 Å². The van der Waals surface area contributed by atoms with Gasteiger partial charge in [0, 0.05) is 67.4 Å². The second kappa shape index (κ2) is 15.5. The standard InChI is InChI=1S/C63H60BN3/c1-41-22-20-21-29-50(41)60-57(42-23-14-11-15-24-42)53-38-44(62(5,6)7)37-52-51-36-45(63(8,9)10)39-56-58(51)64(67(60)59(52)53)54-35-34-49(65(46-25-16-12-17-26-46)47-27-18-13-19-28-47)40-55(54)66(56)48-32-30-43(31-33-48)61(2,3)4/h11-40H,1-10H3. The van der Waals surface area contributed by atoms with E-state index < -0.39 is 0 Å². The Bertz CT molecular complexity index is 3300. The highest BCUT2D eigenvalue weighted by Gasteiger charge is 2.45. The number of nitrogens with zero attached hydrogens (tertiary/aromatic N) is 3. The normalized spacial score (nSPS) is 13.2. The van der Waals surface area contributed by atoms with Crippen molar-refractivity contribution in [3.63, 3.8) is 0 Å². The second-order valence-electron chi connectivity index (χ2n) is 21.9. The van der Waals surface area contributed by atoms with Crippen LogP contribution in [0.4, 0.5) is 34.1 Å². The van der Waals surface area contributed by atoms with E-state index >= 15 is 0 Å². The maximum atomic E-state index is 2.76. The quantitative estimate of drug-likeness (QED) is 0.154. The summed E-state index contributed by atoms with van der Waals surface area (Å²) in [5, 5.41) is 1.30. The van der Waals surface area contributed by atoms with Crippen molar-refractivity contribution in [3.05, 3.63) is 204 Å². The molecule has 0 atom stereocenters. The zero-order valence-electron chi connectivity index (χ0n) is 40.7. The zero-order chi connectivity index (χ0) is 46.6. The third-order valence-electron chi connectivity index (χ3n) is 14.3. The van der Waals surface area contributed by atoms with Crippen LogP contribution in [-0.2, 0) is 16.2 Å². The van der Waals surface area contributed by atoms with Crippen LogP contribution in [-0.4, -0.2) is 11.3 Å². The first-order valence-corrected chi connectivity index (χ1v) is 24.1. The predicted octanol–water partition coefficient (Wildman–Crippen LogP) is 16.1. The van der Waals surface area contributed by atoms with E-state index in [4.69, 9.17) is 0 Å². The largest absolute Gasteiger partial charge is 0.375 e. The monoisotopic (exact) mass is 869 g/mol. The predicted molar refractivity (Wildman–Crippen MR) is 289 cm³/mol. The van der Waals surface area contributed by atoms with Gasteiger partial charge >= 0.3 is 6.85 Å². The molecule has 3 nitrogen and oxygen atoms in total. The van der Waals surface area contributed by atoms with Crippen molar-refractivity contribution >= 4 is 62.8 Å². The van der Waals surface area contributed by atoms with Gasteiger partial charge in [0.1, 0.15) is 0 Å². The van der Waals surface area contributed by atoms with Crippen LogP contribution < -0.4 is 20.7 Å². The number of anilines is 6. The van der Waals surface area contributed by atoms with E-state index in [0.29, 0.717) is 0 Å². The van der Waals surface area contributed by atoms with E-state index in [0.717, 1.165) is 22.7 Å². The number of benzene rings is 8. The summed E-state index contributed by atoms with van der Waals surface area (Å²) < 4.78 is 2.76. The zero-order valence-corrected chi connectivity index (χ0v) is 40.7. The van der Waals surface area contributed by atoms with E-state index in [1.807, 2.05) is 0 Å². The van der Waals surface area contributed by atoms with Crippen LogP contribution in [0.25, 0.3) is 44.4 Å². The van der Waals surface area contributed by atoms with Crippen LogP contribution >= 0.6 is 0 Å². The molecule has 0 aliphatic carbocycles. The fraction of sp³-hybridized carbons (Fsp3) is 0.206. The molecule has 1 aromatic heterocycles. The molecule has 2 aliphatic rings. The first-order chi connectivity index (χ1) is 32.1. The number of hydrogen-bond acceptors (Lipinski definition) is 2. The molecule has 0 N–H and O–H groups in total. The summed E-state index contributed by atoms with van der Waals surface area (Å²) in [6, 6.07) is 68.6. The number of para-hydroxylation sites is 2. The molecule has 0 bridgehead atoms. The fourth-order valence-electron chi connectivity index (χ4n) is 10.7. The highest BCUT2D eigenvalue weighted by molar-refractivity contribution is 6.90. The third-order valence-corrected chi connectivity index (χ3v) is 14.3. The van der Waals surface area contributed by atoms with Gasteiger partial charge in [-0.15, -0.1) is 0 Å². The molecule has 0 amide bonds. The summed E-state index contributed by atoms with van der Waals surface area (Å²) in [5.74, 6) is 0. The number of aromatic nitrogens is 1. The van der Waals surface area contributed by atoms with Crippen LogP contribution in [0.5, 0.6) is 0 Å².